The molecule has 1 atom stereocenters. The predicted molar refractivity (Wildman–Crippen MR) is 95.0 cm³/mol. The monoisotopic (exact) mass is 348 g/mol. The van der Waals surface area contributed by atoms with Crippen molar-refractivity contribution in [3.63, 3.8) is 0 Å². The average Bonchev–Trinajstić information content (AvgIpc) is 2.61. The summed E-state index contributed by atoms with van der Waals surface area (Å²) in [7, 11) is 3.28. The van der Waals surface area contributed by atoms with E-state index in [9.17, 15) is 4.79 Å². The fourth-order valence-electron chi connectivity index (χ4n) is 3.42. The lowest BCUT2D eigenvalue weighted by Gasteiger charge is -2.35. The van der Waals surface area contributed by atoms with Gasteiger partial charge in [-0.3, -0.25) is 9.69 Å². The molecule has 1 amide bonds. The molecule has 1 aliphatic carbocycles. The number of rotatable bonds is 7. The molecule has 0 spiro atoms. The van der Waals surface area contributed by atoms with Gasteiger partial charge in [-0.2, -0.15) is 0 Å². The first kappa shape index (κ1) is 18.0. The quantitative estimate of drug-likeness (QED) is 0.817. The minimum Gasteiger partial charge on any atom is -0.493 e. The van der Waals surface area contributed by atoms with E-state index in [1.54, 1.807) is 14.2 Å². The summed E-state index contributed by atoms with van der Waals surface area (Å²) < 4.78 is 16.3. The summed E-state index contributed by atoms with van der Waals surface area (Å²) in [6, 6.07) is 6.09. The Morgan fingerprint density at radius 2 is 1.96 bits per heavy atom. The van der Waals surface area contributed by atoms with Crippen LogP contribution in [0, 0.1) is 5.92 Å². The Labute approximate surface area is 149 Å². The second kappa shape index (κ2) is 8.54. The number of nitrogens with one attached hydrogen (secondary N) is 1. The van der Waals surface area contributed by atoms with Crippen LogP contribution in [0.15, 0.2) is 18.2 Å². The third kappa shape index (κ3) is 4.25. The van der Waals surface area contributed by atoms with Crippen molar-refractivity contribution in [3.8, 4) is 11.5 Å². The first-order valence-electron chi connectivity index (χ1n) is 9.04. The number of nitrogens with zero attached hydrogens (tertiary/aromatic N) is 1. The van der Waals surface area contributed by atoms with Crippen LogP contribution in [0.1, 0.15) is 30.9 Å². The van der Waals surface area contributed by atoms with Crippen molar-refractivity contribution >= 4 is 5.91 Å². The molecule has 25 heavy (non-hydrogen) atoms. The van der Waals surface area contributed by atoms with Crippen LogP contribution in [0.25, 0.3) is 0 Å². The van der Waals surface area contributed by atoms with E-state index in [1.807, 2.05) is 12.1 Å². The van der Waals surface area contributed by atoms with Crippen LogP contribution in [-0.2, 0) is 9.53 Å². The van der Waals surface area contributed by atoms with Crippen LogP contribution in [0.5, 0.6) is 11.5 Å². The van der Waals surface area contributed by atoms with Crippen molar-refractivity contribution in [1.82, 2.24) is 10.2 Å². The molecule has 1 N–H and O–H groups in total. The number of amides is 1. The number of morpholine rings is 1. The number of carbonyl (C=O) groups is 1. The molecular formula is C19H28N2O4. The zero-order chi connectivity index (χ0) is 17.6. The van der Waals surface area contributed by atoms with E-state index >= 15 is 0 Å². The highest BCUT2D eigenvalue weighted by Gasteiger charge is 2.28. The summed E-state index contributed by atoms with van der Waals surface area (Å²) in [4.78, 5) is 14.6. The van der Waals surface area contributed by atoms with Gasteiger partial charge in [-0.25, -0.2) is 0 Å². The van der Waals surface area contributed by atoms with Crippen LogP contribution < -0.4 is 14.8 Å². The lowest BCUT2D eigenvalue weighted by atomic mass is 9.85. The van der Waals surface area contributed by atoms with Gasteiger partial charge in [0, 0.05) is 25.6 Å². The van der Waals surface area contributed by atoms with Gasteiger partial charge in [0.1, 0.15) is 0 Å². The molecule has 6 nitrogen and oxygen atoms in total. The number of hydrogen-bond acceptors (Lipinski definition) is 5. The lowest BCUT2D eigenvalue weighted by Crippen LogP contribution is -2.45. The largest absolute Gasteiger partial charge is 0.493 e. The summed E-state index contributed by atoms with van der Waals surface area (Å²) in [6.45, 7) is 3.77. The predicted octanol–water partition coefficient (Wildman–Crippen LogP) is 1.99. The summed E-state index contributed by atoms with van der Waals surface area (Å²) in [6.07, 6.45) is 3.20. The van der Waals surface area contributed by atoms with E-state index in [4.69, 9.17) is 14.2 Å². The lowest BCUT2D eigenvalue weighted by molar-refractivity contribution is -0.127. The van der Waals surface area contributed by atoms with E-state index in [0.29, 0.717) is 18.0 Å². The second-order valence-electron chi connectivity index (χ2n) is 6.65. The number of methoxy groups -OCH3 is 2. The average molecular weight is 348 g/mol. The Morgan fingerprint density at radius 1 is 1.24 bits per heavy atom. The molecule has 1 heterocycles. The molecule has 0 bridgehead atoms. The van der Waals surface area contributed by atoms with E-state index in [2.05, 4.69) is 16.3 Å². The number of hydrogen-bond donors (Lipinski definition) is 1. The first-order chi connectivity index (χ1) is 12.2. The maximum Gasteiger partial charge on any atom is 0.223 e. The molecule has 0 unspecified atom stereocenters. The molecule has 1 saturated carbocycles. The van der Waals surface area contributed by atoms with Gasteiger partial charge < -0.3 is 19.5 Å². The molecule has 2 aliphatic rings. The Bertz CT molecular complexity index is 583. The van der Waals surface area contributed by atoms with Crippen LogP contribution in [0.3, 0.4) is 0 Å². The van der Waals surface area contributed by atoms with Crippen LogP contribution >= 0.6 is 0 Å². The molecular weight excluding hydrogens is 320 g/mol. The number of ether oxygens (including phenoxy) is 3. The van der Waals surface area contributed by atoms with Gasteiger partial charge in [-0.1, -0.05) is 12.5 Å². The first-order valence-corrected chi connectivity index (χ1v) is 9.04. The highest BCUT2D eigenvalue weighted by Crippen LogP contribution is 2.32. The maximum absolute atomic E-state index is 12.3. The van der Waals surface area contributed by atoms with Crippen molar-refractivity contribution in [2.45, 2.75) is 25.3 Å². The zero-order valence-corrected chi connectivity index (χ0v) is 15.1. The fraction of sp³-hybridized carbons (Fsp3) is 0.632. The van der Waals surface area contributed by atoms with E-state index in [-0.39, 0.29) is 17.9 Å². The third-order valence-corrected chi connectivity index (χ3v) is 5.22. The van der Waals surface area contributed by atoms with E-state index < -0.39 is 0 Å². The second-order valence-corrected chi connectivity index (χ2v) is 6.65. The van der Waals surface area contributed by atoms with Crippen LogP contribution in [-0.4, -0.2) is 57.9 Å². The summed E-state index contributed by atoms with van der Waals surface area (Å²) in [5.74, 6) is 1.81. The summed E-state index contributed by atoms with van der Waals surface area (Å²) in [5, 5.41) is 3.15. The normalized spacial score (nSPS) is 19.8. The van der Waals surface area contributed by atoms with Gasteiger partial charge in [0.15, 0.2) is 11.5 Å². The molecule has 0 radical (unpaired) electrons. The summed E-state index contributed by atoms with van der Waals surface area (Å²) in [5.41, 5.74) is 1.12. The van der Waals surface area contributed by atoms with Crippen molar-refractivity contribution in [2.75, 3.05) is 47.1 Å². The minimum atomic E-state index is 0.104. The van der Waals surface area contributed by atoms with E-state index in [1.165, 1.54) is 6.42 Å². The van der Waals surface area contributed by atoms with E-state index in [0.717, 1.165) is 44.7 Å². The smallest absolute Gasteiger partial charge is 0.223 e. The van der Waals surface area contributed by atoms with Gasteiger partial charge in [-0.05, 0) is 30.5 Å². The van der Waals surface area contributed by atoms with Gasteiger partial charge in [0.25, 0.3) is 0 Å². The zero-order valence-electron chi connectivity index (χ0n) is 15.1. The van der Waals surface area contributed by atoms with Crippen molar-refractivity contribution < 1.29 is 19.0 Å². The standard InChI is InChI=1S/C19H28N2O4/c1-23-17-7-6-15(12-18(17)24-2)16(21-8-10-25-11-9-21)13-20-19(22)14-4-3-5-14/h6-7,12,14,16H,3-5,8-11,13H2,1-2H3,(H,20,22)/t16-/m0/s1. The highest BCUT2D eigenvalue weighted by atomic mass is 16.5. The molecule has 1 saturated heterocycles. The van der Waals surface area contributed by atoms with Crippen molar-refractivity contribution in [1.29, 1.82) is 0 Å². The Kier molecular flexibility index (Phi) is 6.15. The molecule has 1 aromatic rings. The van der Waals surface area contributed by atoms with Crippen molar-refractivity contribution in [3.05, 3.63) is 23.8 Å². The molecule has 2 fully saturated rings. The topological polar surface area (TPSA) is 60.0 Å². The molecule has 0 aromatic heterocycles. The Morgan fingerprint density at radius 3 is 2.56 bits per heavy atom. The summed E-state index contributed by atoms with van der Waals surface area (Å²) >= 11 is 0. The molecule has 3 rings (SSSR count). The molecule has 1 aromatic carbocycles. The maximum atomic E-state index is 12.3. The fourth-order valence-corrected chi connectivity index (χ4v) is 3.42. The SMILES string of the molecule is COc1ccc([C@H](CNC(=O)C2CCC2)N2CCOCC2)cc1OC. The van der Waals surface area contributed by atoms with Crippen molar-refractivity contribution in [2.24, 2.45) is 5.92 Å². The number of benzene rings is 1. The van der Waals surface area contributed by atoms with Gasteiger partial charge in [0.05, 0.1) is 33.5 Å². The minimum absolute atomic E-state index is 0.104. The Balaban J connectivity index is 1.76. The highest BCUT2D eigenvalue weighted by molar-refractivity contribution is 5.79. The molecule has 1 aliphatic heterocycles. The molecule has 138 valence electrons. The van der Waals surface area contributed by atoms with Gasteiger partial charge >= 0.3 is 0 Å². The molecule has 6 heteroatoms. The number of carbonyl (C=O) groups excluding carboxylic acids is 1. The third-order valence-electron chi connectivity index (χ3n) is 5.22. The van der Waals surface area contributed by atoms with Gasteiger partial charge in [-0.15, -0.1) is 0 Å². The van der Waals surface area contributed by atoms with Crippen LogP contribution in [0.4, 0.5) is 0 Å². The van der Waals surface area contributed by atoms with Crippen LogP contribution in [0.2, 0.25) is 0 Å². The Hall–Kier alpha value is -1.79. The van der Waals surface area contributed by atoms with Gasteiger partial charge in [0.2, 0.25) is 5.91 Å².